The second kappa shape index (κ2) is 7.96. The van der Waals surface area contributed by atoms with Crippen LogP contribution in [0.15, 0.2) is 30.3 Å². The maximum Gasteiger partial charge on any atom is 0.323 e. The van der Waals surface area contributed by atoms with E-state index in [2.05, 4.69) is 5.10 Å². The molecule has 0 aliphatic heterocycles. The van der Waals surface area contributed by atoms with Crippen molar-refractivity contribution in [2.75, 3.05) is 13.1 Å². The Morgan fingerprint density at radius 3 is 2.40 bits per heavy atom. The molecule has 0 atom stereocenters. The summed E-state index contributed by atoms with van der Waals surface area (Å²) in [6.07, 6.45) is 0.157. The Bertz CT molecular complexity index is 751. The molecule has 2 aromatic rings. The first-order chi connectivity index (χ1) is 11.8. The summed E-state index contributed by atoms with van der Waals surface area (Å²) in [6, 6.07) is 9.73. The SMILES string of the molecule is Cc1nn(-c2ccccc2)c(C)c1CC(=O)N(CC(=O)O)CC(C)C. The fraction of sp³-hybridized carbons (Fsp3) is 0.421. The molecule has 0 bridgehead atoms. The summed E-state index contributed by atoms with van der Waals surface area (Å²) < 4.78 is 1.82. The molecule has 1 aromatic carbocycles. The minimum atomic E-state index is -0.998. The molecule has 1 aromatic heterocycles. The van der Waals surface area contributed by atoms with Crippen molar-refractivity contribution in [2.45, 2.75) is 34.1 Å². The Labute approximate surface area is 148 Å². The van der Waals surface area contributed by atoms with Gasteiger partial charge in [-0.15, -0.1) is 0 Å². The van der Waals surface area contributed by atoms with E-state index >= 15 is 0 Å². The summed E-state index contributed by atoms with van der Waals surface area (Å²) in [6.45, 7) is 7.88. The van der Waals surface area contributed by atoms with Gasteiger partial charge in [0.15, 0.2) is 0 Å². The summed E-state index contributed by atoms with van der Waals surface area (Å²) in [5.74, 6) is -0.977. The molecule has 0 aliphatic rings. The third-order valence-corrected chi connectivity index (χ3v) is 4.03. The molecule has 0 aliphatic carbocycles. The number of aryl methyl sites for hydroxylation is 1. The van der Waals surface area contributed by atoms with Crippen molar-refractivity contribution in [1.29, 1.82) is 0 Å². The predicted octanol–water partition coefficient (Wildman–Crippen LogP) is 2.60. The van der Waals surface area contributed by atoms with Crippen LogP contribution in [-0.2, 0) is 16.0 Å². The molecular weight excluding hydrogens is 318 g/mol. The maximum absolute atomic E-state index is 12.7. The number of carboxylic acids is 1. The van der Waals surface area contributed by atoms with Crippen molar-refractivity contribution >= 4 is 11.9 Å². The highest BCUT2D eigenvalue weighted by molar-refractivity contribution is 5.83. The van der Waals surface area contributed by atoms with Gasteiger partial charge in [-0.3, -0.25) is 9.59 Å². The van der Waals surface area contributed by atoms with E-state index in [1.165, 1.54) is 4.90 Å². The van der Waals surface area contributed by atoms with Crippen molar-refractivity contribution in [3.8, 4) is 5.69 Å². The average molecular weight is 343 g/mol. The van der Waals surface area contributed by atoms with Crippen molar-refractivity contribution in [3.63, 3.8) is 0 Å². The minimum Gasteiger partial charge on any atom is -0.480 e. The van der Waals surface area contributed by atoms with Crippen LogP contribution in [0.25, 0.3) is 5.69 Å². The van der Waals surface area contributed by atoms with E-state index in [1.54, 1.807) is 0 Å². The van der Waals surface area contributed by atoms with E-state index in [-0.39, 0.29) is 24.8 Å². The third-order valence-electron chi connectivity index (χ3n) is 4.03. The van der Waals surface area contributed by atoms with E-state index in [0.717, 1.165) is 22.6 Å². The van der Waals surface area contributed by atoms with Gasteiger partial charge in [0.2, 0.25) is 5.91 Å². The van der Waals surface area contributed by atoms with Gasteiger partial charge in [-0.25, -0.2) is 4.68 Å². The number of hydrogen-bond acceptors (Lipinski definition) is 3. The number of nitrogens with zero attached hydrogens (tertiary/aromatic N) is 3. The van der Waals surface area contributed by atoms with Gasteiger partial charge in [0.25, 0.3) is 0 Å². The quantitative estimate of drug-likeness (QED) is 0.838. The molecular formula is C19H25N3O3. The third kappa shape index (κ3) is 4.68. The van der Waals surface area contributed by atoms with E-state index in [1.807, 2.05) is 62.7 Å². The topological polar surface area (TPSA) is 75.4 Å². The van der Waals surface area contributed by atoms with Crippen molar-refractivity contribution in [3.05, 3.63) is 47.3 Å². The lowest BCUT2D eigenvalue weighted by Crippen LogP contribution is -2.39. The molecule has 6 nitrogen and oxygen atoms in total. The fourth-order valence-electron chi connectivity index (χ4n) is 2.87. The zero-order valence-electron chi connectivity index (χ0n) is 15.2. The fourth-order valence-corrected chi connectivity index (χ4v) is 2.87. The summed E-state index contributed by atoms with van der Waals surface area (Å²) in [5.41, 5.74) is 3.48. The van der Waals surface area contributed by atoms with Gasteiger partial charge in [0.1, 0.15) is 6.54 Å². The molecule has 0 saturated heterocycles. The summed E-state index contributed by atoms with van der Waals surface area (Å²) in [7, 11) is 0. The number of aliphatic carboxylic acids is 1. The van der Waals surface area contributed by atoms with Gasteiger partial charge in [-0.2, -0.15) is 5.10 Å². The summed E-state index contributed by atoms with van der Waals surface area (Å²) in [4.78, 5) is 25.1. The number of hydrogen-bond donors (Lipinski definition) is 1. The molecule has 134 valence electrons. The first kappa shape index (κ1) is 18.7. The van der Waals surface area contributed by atoms with Crippen LogP contribution in [0.5, 0.6) is 0 Å². The van der Waals surface area contributed by atoms with Crippen LogP contribution in [0.4, 0.5) is 0 Å². The Hall–Kier alpha value is -2.63. The second-order valence-corrected chi connectivity index (χ2v) is 6.64. The number of carboxylic acid groups (broad SMARTS) is 1. The molecule has 6 heteroatoms. The van der Waals surface area contributed by atoms with Crippen LogP contribution in [-0.4, -0.2) is 44.8 Å². The van der Waals surface area contributed by atoms with Gasteiger partial charge < -0.3 is 10.0 Å². The molecule has 0 unspecified atom stereocenters. The van der Waals surface area contributed by atoms with E-state index in [0.29, 0.717) is 6.54 Å². The molecule has 2 rings (SSSR count). The number of carbonyl (C=O) groups excluding carboxylic acids is 1. The molecule has 1 amide bonds. The number of carbonyl (C=O) groups is 2. The second-order valence-electron chi connectivity index (χ2n) is 6.64. The normalized spacial score (nSPS) is 10.9. The predicted molar refractivity (Wildman–Crippen MR) is 95.8 cm³/mol. The minimum absolute atomic E-state index is 0.157. The Kier molecular flexibility index (Phi) is 5.96. The molecule has 0 fully saturated rings. The first-order valence-electron chi connectivity index (χ1n) is 8.39. The molecule has 0 radical (unpaired) electrons. The highest BCUT2D eigenvalue weighted by Crippen LogP contribution is 2.19. The van der Waals surface area contributed by atoms with Crippen LogP contribution in [0, 0.1) is 19.8 Å². The van der Waals surface area contributed by atoms with Crippen molar-refractivity contribution < 1.29 is 14.7 Å². The lowest BCUT2D eigenvalue weighted by Gasteiger charge is -2.22. The van der Waals surface area contributed by atoms with Crippen LogP contribution in [0.1, 0.15) is 30.8 Å². The standard InChI is InChI=1S/C19H25N3O3/c1-13(2)11-21(12-19(24)25)18(23)10-17-14(3)20-22(15(17)4)16-8-6-5-7-9-16/h5-9,13H,10-12H2,1-4H3,(H,24,25). The average Bonchev–Trinajstić information content (AvgIpc) is 2.82. The largest absolute Gasteiger partial charge is 0.480 e. The highest BCUT2D eigenvalue weighted by Gasteiger charge is 2.22. The van der Waals surface area contributed by atoms with E-state index in [4.69, 9.17) is 5.11 Å². The number of benzene rings is 1. The zero-order chi connectivity index (χ0) is 18.6. The smallest absolute Gasteiger partial charge is 0.323 e. The van der Waals surface area contributed by atoms with Crippen LogP contribution in [0.2, 0.25) is 0 Å². The Morgan fingerprint density at radius 1 is 1.20 bits per heavy atom. The van der Waals surface area contributed by atoms with Gasteiger partial charge >= 0.3 is 5.97 Å². The lowest BCUT2D eigenvalue weighted by atomic mass is 10.1. The number of rotatable bonds is 7. The van der Waals surface area contributed by atoms with Gasteiger partial charge in [0, 0.05) is 17.8 Å². The Morgan fingerprint density at radius 2 is 1.84 bits per heavy atom. The monoisotopic (exact) mass is 343 g/mol. The van der Waals surface area contributed by atoms with Crippen LogP contribution >= 0.6 is 0 Å². The molecule has 25 heavy (non-hydrogen) atoms. The molecule has 0 spiro atoms. The Balaban J connectivity index is 2.25. The lowest BCUT2D eigenvalue weighted by molar-refractivity contribution is -0.144. The van der Waals surface area contributed by atoms with E-state index < -0.39 is 5.97 Å². The highest BCUT2D eigenvalue weighted by atomic mass is 16.4. The maximum atomic E-state index is 12.7. The molecule has 0 saturated carbocycles. The number of amides is 1. The first-order valence-corrected chi connectivity index (χ1v) is 8.39. The summed E-state index contributed by atoms with van der Waals surface area (Å²) >= 11 is 0. The molecule has 1 heterocycles. The van der Waals surface area contributed by atoms with Gasteiger partial charge in [-0.05, 0) is 31.9 Å². The van der Waals surface area contributed by atoms with Crippen molar-refractivity contribution in [2.24, 2.45) is 5.92 Å². The number of aromatic nitrogens is 2. The summed E-state index contributed by atoms with van der Waals surface area (Å²) in [5, 5.41) is 13.6. The van der Waals surface area contributed by atoms with Gasteiger partial charge in [0.05, 0.1) is 17.8 Å². The molecule has 1 N–H and O–H groups in total. The van der Waals surface area contributed by atoms with E-state index in [9.17, 15) is 9.59 Å². The van der Waals surface area contributed by atoms with Gasteiger partial charge in [-0.1, -0.05) is 32.0 Å². The van der Waals surface area contributed by atoms with Crippen molar-refractivity contribution in [1.82, 2.24) is 14.7 Å². The zero-order valence-corrected chi connectivity index (χ0v) is 15.2. The number of para-hydroxylation sites is 1. The van der Waals surface area contributed by atoms with Crippen LogP contribution < -0.4 is 0 Å². The van der Waals surface area contributed by atoms with Crippen LogP contribution in [0.3, 0.4) is 0 Å².